The number of rotatable bonds is 2. The first kappa shape index (κ1) is 10.8. The molecule has 0 aliphatic heterocycles. The minimum Gasteiger partial charge on any atom is -0.326 e. The van der Waals surface area contributed by atoms with E-state index in [2.05, 4.69) is 6.07 Å². The highest BCUT2D eigenvalue weighted by molar-refractivity contribution is 5.67. The fraction of sp³-hybridized carbons (Fsp3) is 0.143. The van der Waals surface area contributed by atoms with Crippen LogP contribution in [0.3, 0.4) is 0 Å². The lowest BCUT2D eigenvalue weighted by atomic mass is 9.98. The summed E-state index contributed by atoms with van der Waals surface area (Å²) in [5.41, 5.74) is 9.74. The van der Waals surface area contributed by atoms with E-state index in [9.17, 15) is 4.39 Å². The van der Waals surface area contributed by atoms with E-state index >= 15 is 0 Å². The zero-order chi connectivity index (χ0) is 11.5. The molecule has 2 N–H and O–H groups in total. The second-order valence-electron chi connectivity index (χ2n) is 3.88. The Balaban J connectivity index is 2.55. The van der Waals surface area contributed by atoms with Crippen LogP contribution in [-0.4, -0.2) is 0 Å². The molecule has 2 rings (SSSR count). The van der Waals surface area contributed by atoms with Gasteiger partial charge in [0.15, 0.2) is 0 Å². The highest BCUT2D eigenvalue weighted by Crippen LogP contribution is 2.24. The quantitative estimate of drug-likeness (QED) is 0.817. The fourth-order valence-corrected chi connectivity index (χ4v) is 1.83. The minimum absolute atomic E-state index is 0.239. The van der Waals surface area contributed by atoms with Crippen molar-refractivity contribution in [3.63, 3.8) is 0 Å². The Morgan fingerprint density at radius 3 is 2.62 bits per heavy atom. The summed E-state index contributed by atoms with van der Waals surface area (Å²) in [6.07, 6.45) is 0. The predicted octanol–water partition coefficient (Wildman–Crippen LogP) is 3.26. The number of nitrogens with two attached hydrogens (primary N) is 1. The summed E-state index contributed by atoms with van der Waals surface area (Å²) in [5, 5.41) is 0. The summed E-state index contributed by atoms with van der Waals surface area (Å²) < 4.78 is 13.1. The van der Waals surface area contributed by atoms with Gasteiger partial charge >= 0.3 is 0 Å². The standard InChI is InChI=1S/C14H14FN/c1-10-3-2-4-11(7-10)14-6-5-13(15)8-12(14)9-16/h2-8H,9,16H2,1H3. The van der Waals surface area contributed by atoms with Gasteiger partial charge in [0.25, 0.3) is 0 Å². The maximum absolute atomic E-state index is 13.1. The van der Waals surface area contributed by atoms with E-state index in [4.69, 9.17) is 5.73 Å². The summed E-state index contributed by atoms with van der Waals surface area (Å²) in [5.74, 6) is -0.239. The van der Waals surface area contributed by atoms with Gasteiger partial charge in [-0.25, -0.2) is 4.39 Å². The molecule has 0 bridgehead atoms. The normalized spacial score (nSPS) is 10.4. The maximum atomic E-state index is 13.1. The third kappa shape index (κ3) is 2.12. The van der Waals surface area contributed by atoms with Crippen molar-refractivity contribution in [3.8, 4) is 11.1 Å². The molecule has 0 fully saturated rings. The molecule has 0 heterocycles. The maximum Gasteiger partial charge on any atom is 0.123 e. The highest BCUT2D eigenvalue weighted by atomic mass is 19.1. The van der Waals surface area contributed by atoms with Gasteiger partial charge in [-0.05, 0) is 35.7 Å². The van der Waals surface area contributed by atoms with Crippen molar-refractivity contribution < 1.29 is 4.39 Å². The Hall–Kier alpha value is -1.67. The first-order chi connectivity index (χ1) is 7.70. The van der Waals surface area contributed by atoms with E-state index in [0.717, 1.165) is 16.7 Å². The second kappa shape index (κ2) is 4.45. The van der Waals surface area contributed by atoms with Gasteiger partial charge in [0.1, 0.15) is 5.82 Å². The summed E-state index contributed by atoms with van der Waals surface area (Å²) >= 11 is 0. The van der Waals surface area contributed by atoms with Crippen LogP contribution in [0.5, 0.6) is 0 Å². The third-order valence-electron chi connectivity index (χ3n) is 2.62. The van der Waals surface area contributed by atoms with Crippen molar-refractivity contribution in [1.82, 2.24) is 0 Å². The largest absolute Gasteiger partial charge is 0.326 e. The molecule has 82 valence electrons. The number of benzene rings is 2. The van der Waals surface area contributed by atoms with Crippen molar-refractivity contribution in [1.29, 1.82) is 0 Å². The van der Waals surface area contributed by atoms with Crippen molar-refractivity contribution in [2.24, 2.45) is 5.73 Å². The van der Waals surface area contributed by atoms with Crippen LogP contribution >= 0.6 is 0 Å². The average molecular weight is 215 g/mol. The topological polar surface area (TPSA) is 26.0 Å². The van der Waals surface area contributed by atoms with Gasteiger partial charge in [-0.3, -0.25) is 0 Å². The smallest absolute Gasteiger partial charge is 0.123 e. The van der Waals surface area contributed by atoms with Crippen LogP contribution in [0.25, 0.3) is 11.1 Å². The van der Waals surface area contributed by atoms with Crippen LogP contribution in [0.4, 0.5) is 4.39 Å². The van der Waals surface area contributed by atoms with Crippen molar-refractivity contribution in [2.75, 3.05) is 0 Å². The predicted molar refractivity (Wildman–Crippen MR) is 64.5 cm³/mol. The van der Waals surface area contributed by atoms with E-state index in [1.54, 1.807) is 6.07 Å². The molecule has 0 aliphatic carbocycles. The van der Waals surface area contributed by atoms with Gasteiger partial charge in [-0.15, -0.1) is 0 Å². The van der Waals surface area contributed by atoms with Crippen molar-refractivity contribution in [2.45, 2.75) is 13.5 Å². The number of hydrogen-bond acceptors (Lipinski definition) is 1. The molecule has 0 aliphatic rings. The lowest BCUT2D eigenvalue weighted by molar-refractivity contribution is 0.625. The molecule has 0 saturated heterocycles. The van der Waals surface area contributed by atoms with Crippen LogP contribution in [-0.2, 0) is 6.54 Å². The Morgan fingerprint density at radius 1 is 1.12 bits per heavy atom. The van der Waals surface area contributed by atoms with Gasteiger partial charge in [-0.2, -0.15) is 0 Å². The summed E-state index contributed by atoms with van der Waals surface area (Å²) in [6.45, 7) is 2.39. The zero-order valence-electron chi connectivity index (χ0n) is 9.20. The average Bonchev–Trinajstić information content (AvgIpc) is 2.28. The Bertz CT molecular complexity index is 506. The molecule has 0 amide bonds. The Kier molecular flexibility index (Phi) is 3.02. The van der Waals surface area contributed by atoms with Crippen LogP contribution in [0.15, 0.2) is 42.5 Å². The van der Waals surface area contributed by atoms with Gasteiger partial charge < -0.3 is 5.73 Å². The molecule has 0 saturated carbocycles. The van der Waals surface area contributed by atoms with Crippen molar-refractivity contribution in [3.05, 3.63) is 59.4 Å². The lowest BCUT2D eigenvalue weighted by Gasteiger charge is -2.08. The molecule has 2 aromatic rings. The number of hydrogen-bond donors (Lipinski definition) is 1. The van der Waals surface area contributed by atoms with Crippen LogP contribution < -0.4 is 5.73 Å². The van der Waals surface area contributed by atoms with Crippen molar-refractivity contribution >= 4 is 0 Å². The first-order valence-electron chi connectivity index (χ1n) is 5.26. The molecule has 2 heteroatoms. The molecule has 2 aromatic carbocycles. The minimum atomic E-state index is -0.239. The molecule has 0 atom stereocenters. The Morgan fingerprint density at radius 2 is 1.94 bits per heavy atom. The monoisotopic (exact) mass is 215 g/mol. The second-order valence-corrected chi connectivity index (χ2v) is 3.88. The van der Waals surface area contributed by atoms with Gasteiger partial charge in [-0.1, -0.05) is 35.9 Å². The number of halogens is 1. The molecule has 0 aromatic heterocycles. The molecular weight excluding hydrogens is 201 g/mol. The van der Waals surface area contributed by atoms with E-state index in [0.29, 0.717) is 6.54 Å². The fourth-order valence-electron chi connectivity index (χ4n) is 1.83. The first-order valence-corrected chi connectivity index (χ1v) is 5.26. The van der Waals surface area contributed by atoms with Crippen LogP contribution in [0.2, 0.25) is 0 Å². The van der Waals surface area contributed by atoms with Gasteiger partial charge in [0.2, 0.25) is 0 Å². The van der Waals surface area contributed by atoms with E-state index in [-0.39, 0.29) is 5.82 Å². The van der Waals surface area contributed by atoms with E-state index < -0.39 is 0 Å². The summed E-state index contributed by atoms with van der Waals surface area (Å²) in [7, 11) is 0. The molecule has 0 unspecified atom stereocenters. The Labute approximate surface area is 94.7 Å². The van der Waals surface area contributed by atoms with E-state index in [1.165, 1.54) is 17.7 Å². The molecule has 16 heavy (non-hydrogen) atoms. The molecular formula is C14H14FN. The molecule has 1 nitrogen and oxygen atoms in total. The SMILES string of the molecule is Cc1cccc(-c2ccc(F)cc2CN)c1. The molecule has 0 spiro atoms. The van der Waals surface area contributed by atoms with Gasteiger partial charge in [0, 0.05) is 6.54 Å². The molecule has 0 radical (unpaired) electrons. The number of aryl methyl sites for hydroxylation is 1. The van der Waals surface area contributed by atoms with E-state index in [1.807, 2.05) is 25.1 Å². The van der Waals surface area contributed by atoms with Crippen LogP contribution in [0.1, 0.15) is 11.1 Å². The third-order valence-corrected chi connectivity index (χ3v) is 2.62. The summed E-state index contributed by atoms with van der Waals surface area (Å²) in [4.78, 5) is 0. The van der Waals surface area contributed by atoms with Gasteiger partial charge in [0.05, 0.1) is 0 Å². The lowest BCUT2D eigenvalue weighted by Crippen LogP contribution is -1.99. The highest BCUT2D eigenvalue weighted by Gasteiger charge is 2.05. The zero-order valence-corrected chi connectivity index (χ0v) is 9.20. The summed E-state index contributed by atoms with van der Waals surface area (Å²) in [6, 6.07) is 12.9. The van der Waals surface area contributed by atoms with Crippen LogP contribution in [0, 0.1) is 12.7 Å².